The van der Waals surface area contributed by atoms with Crippen LogP contribution in [0, 0.1) is 0 Å². The zero-order valence-electron chi connectivity index (χ0n) is 10.8. The van der Waals surface area contributed by atoms with Crippen LogP contribution in [0.3, 0.4) is 0 Å². The fourth-order valence-corrected chi connectivity index (χ4v) is 2.24. The minimum Gasteiger partial charge on any atom is -0.345 e. The number of hydrogen-bond acceptors (Lipinski definition) is 6. The van der Waals surface area contributed by atoms with Gasteiger partial charge in [0.1, 0.15) is 5.69 Å². The first kappa shape index (κ1) is 13.2. The molecule has 1 aliphatic heterocycles. The van der Waals surface area contributed by atoms with Crippen molar-refractivity contribution in [2.75, 3.05) is 13.2 Å². The van der Waals surface area contributed by atoms with Crippen molar-refractivity contribution in [2.45, 2.75) is 6.29 Å². The maximum Gasteiger partial charge on any atom is 0.332 e. The fourth-order valence-electron chi connectivity index (χ4n) is 2.02. The largest absolute Gasteiger partial charge is 0.345 e. The second kappa shape index (κ2) is 4.65. The van der Waals surface area contributed by atoms with E-state index in [9.17, 15) is 9.59 Å². The second-order valence-electron chi connectivity index (χ2n) is 4.35. The van der Waals surface area contributed by atoms with Gasteiger partial charge in [0.2, 0.25) is 6.29 Å². The highest BCUT2D eigenvalue weighted by molar-refractivity contribution is 6.30. The fraction of sp³-hybridized carbons (Fsp3) is 0.455. The molecule has 0 aliphatic carbocycles. The molecule has 1 saturated heterocycles. The zero-order valence-corrected chi connectivity index (χ0v) is 11.5. The number of hydrogen-bond donors (Lipinski definition) is 0. The highest BCUT2D eigenvalue weighted by atomic mass is 35.5. The van der Waals surface area contributed by atoms with Crippen molar-refractivity contribution in [2.24, 2.45) is 14.1 Å². The normalized spacial score (nSPS) is 16.1. The summed E-state index contributed by atoms with van der Waals surface area (Å²) in [6.45, 7) is 0.845. The van der Waals surface area contributed by atoms with E-state index >= 15 is 0 Å². The highest BCUT2D eigenvalue weighted by Gasteiger charge is 2.25. The molecule has 106 valence electrons. The number of rotatable bonds is 1. The maximum absolute atomic E-state index is 12.1. The lowest BCUT2D eigenvalue weighted by molar-refractivity contribution is -0.0472. The number of ether oxygens (including phenoxy) is 2. The van der Waals surface area contributed by atoms with Gasteiger partial charge >= 0.3 is 5.69 Å². The summed E-state index contributed by atoms with van der Waals surface area (Å²) in [6.07, 6.45) is -0.735. The Morgan fingerprint density at radius 3 is 2.45 bits per heavy atom. The van der Waals surface area contributed by atoms with Gasteiger partial charge in [-0.15, -0.1) is 0 Å². The quantitative estimate of drug-likeness (QED) is 0.720. The SMILES string of the molecule is Cn1c(=O)c2nc(C3OCCO3)c(Cl)nc2n(C)c1=O. The average Bonchev–Trinajstić information content (AvgIpc) is 2.96. The standard InChI is InChI=1S/C11H11ClN4O4/c1-15-8-6(9(17)16(2)11(15)18)13-5(7(12)14-8)10-19-3-4-20-10/h10H,3-4H2,1-2H3. The van der Waals surface area contributed by atoms with Crippen LogP contribution >= 0.6 is 11.6 Å². The van der Waals surface area contributed by atoms with Crippen LogP contribution in [-0.2, 0) is 23.6 Å². The molecule has 0 atom stereocenters. The van der Waals surface area contributed by atoms with Crippen LogP contribution in [0.4, 0.5) is 0 Å². The lowest BCUT2D eigenvalue weighted by Gasteiger charge is -2.12. The predicted molar refractivity (Wildman–Crippen MR) is 69.7 cm³/mol. The molecule has 0 unspecified atom stereocenters. The van der Waals surface area contributed by atoms with E-state index in [-0.39, 0.29) is 22.0 Å². The Balaban J connectivity index is 2.35. The lowest BCUT2D eigenvalue weighted by atomic mass is 10.4. The van der Waals surface area contributed by atoms with Gasteiger partial charge in [-0.1, -0.05) is 11.6 Å². The first-order valence-electron chi connectivity index (χ1n) is 5.87. The van der Waals surface area contributed by atoms with E-state index in [0.717, 1.165) is 4.57 Å². The zero-order chi connectivity index (χ0) is 14.4. The third-order valence-electron chi connectivity index (χ3n) is 3.10. The molecule has 20 heavy (non-hydrogen) atoms. The molecule has 1 aliphatic rings. The van der Waals surface area contributed by atoms with Crippen molar-refractivity contribution >= 4 is 22.8 Å². The molecule has 3 heterocycles. The Bertz CT molecular complexity index is 807. The number of halogens is 1. The van der Waals surface area contributed by atoms with E-state index in [1.807, 2.05) is 0 Å². The van der Waals surface area contributed by atoms with E-state index in [1.165, 1.54) is 18.7 Å². The van der Waals surface area contributed by atoms with Crippen LogP contribution < -0.4 is 11.2 Å². The van der Waals surface area contributed by atoms with Crippen LogP contribution in [0.25, 0.3) is 11.2 Å². The first-order chi connectivity index (χ1) is 9.50. The Kier molecular flexibility index (Phi) is 3.08. The Hall–Kier alpha value is -1.77. The van der Waals surface area contributed by atoms with Gasteiger partial charge in [0.15, 0.2) is 16.3 Å². The molecule has 1 fully saturated rings. The minimum absolute atomic E-state index is 0.0488. The van der Waals surface area contributed by atoms with Crippen molar-refractivity contribution < 1.29 is 9.47 Å². The number of aromatic nitrogens is 4. The van der Waals surface area contributed by atoms with Crippen molar-refractivity contribution in [3.8, 4) is 0 Å². The van der Waals surface area contributed by atoms with E-state index in [2.05, 4.69) is 9.97 Å². The molecule has 0 aromatic carbocycles. The van der Waals surface area contributed by atoms with Crippen LogP contribution in [0.5, 0.6) is 0 Å². The molecule has 0 spiro atoms. The molecule has 8 nitrogen and oxygen atoms in total. The first-order valence-corrected chi connectivity index (χ1v) is 6.25. The van der Waals surface area contributed by atoms with E-state index < -0.39 is 17.5 Å². The van der Waals surface area contributed by atoms with Gasteiger partial charge in [-0.25, -0.2) is 14.8 Å². The molecule has 9 heteroatoms. The van der Waals surface area contributed by atoms with Crippen molar-refractivity contribution in [1.82, 2.24) is 19.1 Å². The summed E-state index contributed by atoms with van der Waals surface area (Å²) in [5.74, 6) is 0. The van der Waals surface area contributed by atoms with Gasteiger partial charge < -0.3 is 9.47 Å². The maximum atomic E-state index is 12.1. The Morgan fingerprint density at radius 2 is 1.80 bits per heavy atom. The third kappa shape index (κ3) is 1.84. The molecule has 2 aromatic heterocycles. The summed E-state index contributed by atoms with van der Waals surface area (Å²) >= 11 is 6.04. The monoisotopic (exact) mass is 298 g/mol. The summed E-state index contributed by atoms with van der Waals surface area (Å²) in [5.41, 5.74) is -0.606. The van der Waals surface area contributed by atoms with Crippen LogP contribution in [0.15, 0.2) is 9.59 Å². The van der Waals surface area contributed by atoms with Crippen LogP contribution in [0.2, 0.25) is 5.15 Å². The molecular weight excluding hydrogens is 288 g/mol. The summed E-state index contributed by atoms with van der Waals surface area (Å²) in [4.78, 5) is 32.2. The minimum atomic E-state index is -0.735. The Labute approximate surface area is 117 Å². The molecule has 3 rings (SSSR count). The van der Waals surface area contributed by atoms with Gasteiger partial charge in [0, 0.05) is 14.1 Å². The number of aryl methyl sites for hydroxylation is 1. The average molecular weight is 299 g/mol. The summed E-state index contributed by atoms with van der Waals surface area (Å²) < 4.78 is 12.8. The summed E-state index contributed by atoms with van der Waals surface area (Å²) in [7, 11) is 2.87. The molecule has 0 bridgehead atoms. The predicted octanol–water partition coefficient (Wildman–Crippen LogP) is -0.274. The number of nitrogens with zero attached hydrogens (tertiary/aromatic N) is 4. The summed E-state index contributed by atoms with van der Waals surface area (Å²) in [6, 6.07) is 0. The molecule has 2 aromatic rings. The van der Waals surface area contributed by atoms with Crippen molar-refractivity contribution in [1.29, 1.82) is 0 Å². The van der Waals surface area contributed by atoms with Gasteiger partial charge in [-0.3, -0.25) is 13.9 Å². The van der Waals surface area contributed by atoms with Crippen LogP contribution in [-0.4, -0.2) is 32.3 Å². The molecular formula is C11H11ClN4O4. The van der Waals surface area contributed by atoms with E-state index in [0.29, 0.717) is 13.2 Å². The van der Waals surface area contributed by atoms with Crippen molar-refractivity contribution in [3.05, 3.63) is 31.7 Å². The lowest BCUT2D eigenvalue weighted by Crippen LogP contribution is -2.38. The molecule has 0 amide bonds. The van der Waals surface area contributed by atoms with Gasteiger partial charge in [-0.05, 0) is 0 Å². The third-order valence-corrected chi connectivity index (χ3v) is 3.38. The molecule has 0 N–H and O–H groups in total. The van der Waals surface area contributed by atoms with Gasteiger partial charge in [0.25, 0.3) is 5.56 Å². The van der Waals surface area contributed by atoms with Crippen LogP contribution in [0.1, 0.15) is 12.0 Å². The Morgan fingerprint density at radius 1 is 1.15 bits per heavy atom. The molecule has 0 radical (unpaired) electrons. The summed E-state index contributed by atoms with van der Waals surface area (Å²) in [5, 5.41) is 0.0488. The smallest absolute Gasteiger partial charge is 0.332 e. The second-order valence-corrected chi connectivity index (χ2v) is 4.71. The highest BCUT2D eigenvalue weighted by Crippen LogP contribution is 2.27. The molecule has 0 saturated carbocycles. The van der Waals surface area contributed by atoms with Crippen molar-refractivity contribution in [3.63, 3.8) is 0 Å². The van der Waals surface area contributed by atoms with Gasteiger partial charge in [0.05, 0.1) is 13.2 Å². The van der Waals surface area contributed by atoms with Gasteiger partial charge in [-0.2, -0.15) is 0 Å². The van der Waals surface area contributed by atoms with E-state index in [1.54, 1.807) is 0 Å². The van der Waals surface area contributed by atoms with E-state index in [4.69, 9.17) is 21.1 Å². The number of fused-ring (bicyclic) bond motifs is 1. The topological polar surface area (TPSA) is 88.2 Å².